The molecule has 2 rings (SSSR count). The number of aryl methyl sites for hydroxylation is 1. The van der Waals surface area contributed by atoms with Crippen molar-refractivity contribution in [3.63, 3.8) is 0 Å². The summed E-state index contributed by atoms with van der Waals surface area (Å²) in [6.45, 7) is 1.85. The van der Waals surface area contributed by atoms with Crippen LogP contribution in [-0.2, 0) is 0 Å². The van der Waals surface area contributed by atoms with Gasteiger partial charge in [0.2, 0.25) is 0 Å². The molecule has 0 aromatic carbocycles. The Bertz CT molecular complexity index is 625. The molecule has 0 radical (unpaired) electrons. The molecule has 2 aromatic rings. The quantitative estimate of drug-likeness (QED) is 0.831. The Labute approximate surface area is 115 Å². The Morgan fingerprint density at radius 2 is 2.11 bits per heavy atom. The Morgan fingerprint density at radius 3 is 2.68 bits per heavy atom. The van der Waals surface area contributed by atoms with E-state index in [1.54, 1.807) is 18.2 Å². The molecule has 6 heteroatoms. The topological polar surface area (TPSA) is 80.9 Å². The van der Waals surface area contributed by atoms with Crippen LogP contribution in [0.15, 0.2) is 36.5 Å². The van der Waals surface area contributed by atoms with Gasteiger partial charge < -0.3 is 11.1 Å². The SMILES string of the molecule is Cc1cccc(NC(=O)c2ccc(C(N)=S)cn2)n1. The van der Waals surface area contributed by atoms with E-state index in [2.05, 4.69) is 15.3 Å². The summed E-state index contributed by atoms with van der Waals surface area (Å²) < 4.78 is 0. The summed E-state index contributed by atoms with van der Waals surface area (Å²) in [7, 11) is 0. The number of nitrogens with two attached hydrogens (primary N) is 1. The third-order valence-electron chi connectivity index (χ3n) is 2.41. The Balaban J connectivity index is 2.14. The number of pyridine rings is 2. The molecule has 19 heavy (non-hydrogen) atoms. The van der Waals surface area contributed by atoms with Gasteiger partial charge in [0, 0.05) is 17.5 Å². The number of anilines is 1. The van der Waals surface area contributed by atoms with Gasteiger partial charge in [-0.15, -0.1) is 0 Å². The van der Waals surface area contributed by atoms with E-state index in [1.807, 2.05) is 19.1 Å². The second-order valence-electron chi connectivity index (χ2n) is 3.91. The van der Waals surface area contributed by atoms with Crippen LogP contribution in [-0.4, -0.2) is 20.9 Å². The summed E-state index contributed by atoms with van der Waals surface area (Å²) >= 11 is 4.82. The third-order valence-corrected chi connectivity index (χ3v) is 2.65. The van der Waals surface area contributed by atoms with Crippen LogP contribution >= 0.6 is 12.2 Å². The van der Waals surface area contributed by atoms with E-state index in [0.29, 0.717) is 11.4 Å². The summed E-state index contributed by atoms with van der Waals surface area (Å²) in [5.41, 5.74) is 7.20. The summed E-state index contributed by atoms with van der Waals surface area (Å²) in [5.74, 6) is 0.165. The highest BCUT2D eigenvalue weighted by Gasteiger charge is 2.08. The van der Waals surface area contributed by atoms with Gasteiger partial charge in [-0.3, -0.25) is 9.78 Å². The van der Waals surface area contributed by atoms with Crippen molar-refractivity contribution in [1.29, 1.82) is 0 Å². The average Bonchev–Trinajstić information content (AvgIpc) is 2.39. The molecule has 96 valence electrons. The maximum Gasteiger partial charge on any atom is 0.275 e. The van der Waals surface area contributed by atoms with E-state index in [-0.39, 0.29) is 16.6 Å². The molecule has 5 nitrogen and oxygen atoms in total. The van der Waals surface area contributed by atoms with Crippen molar-refractivity contribution in [3.05, 3.63) is 53.5 Å². The van der Waals surface area contributed by atoms with Crippen molar-refractivity contribution < 1.29 is 4.79 Å². The van der Waals surface area contributed by atoms with Crippen LogP contribution in [0.25, 0.3) is 0 Å². The number of carbonyl (C=O) groups is 1. The van der Waals surface area contributed by atoms with Crippen molar-refractivity contribution in [2.45, 2.75) is 6.92 Å². The van der Waals surface area contributed by atoms with Gasteiger partial charge >= 0.3 is 0 Å². The minimum atomic E-state index is -0.326. The number of thiocarbonyl (C=S) groups is 1. The predicted octanol–water partition coefficient (Wildman–Crippen LogP) is 1.67. The molecule has 0 aliphatic carbocycles. The lowest BCUT2D eigenvalue weighted by molar-refractivity contribution is 0.102. The number of amides is 1. The molecule has 1 amide bonds. The molecule has 0 bridgehead atoms. The second kappa shape index (κ2) is 5.53. The first kappa shape index (κ1) is 13.1. The first-order valence-corrected chi connectivity index (χ1v) is 5.98. The zero-order chi connectivity index (χ0) is 13.8. The van der Waals surface area contributed by atoms with Gasteiger partial charge in [0.15, 0.2) is 0 Å². The zero-order valence-electron chi connectivity index (χ0n) is 10.3. The van der Waals surface area contributed by atoms with Gasteiger partial charge in [0.05, 0.1) is 0 Å². The van der Waals surface area contributed by atoms with Gasteiger partial charge in [-0.2, -0.15) is 0 Å². The molecular weight excluding hydrogens is 260 g/mol. The van der Waals surface area contributed by atoms with Crippen LogP contribution in [0.2, 0.25) is 0 Å². The fraction of sp³-hybridized carbons (Fsp3) is 0.0769. The van der Waals surface area contributed by atoms with Gasteiger partial charge in [0.25, 0.3) is 5.91 Å². The van der Waals surface area contributed by atoms with Crippen molar-refractivity contribution in [3.8, 4) is 0 Å². The van der Waals surface area contributed by atoms with Crippen LogP contribution in [0.5, 0.6) is 0 Å². The van der Waals surface area contributed by atoms with Crippen molar-refractivity contribution >= 4 is 28.9 Å². The number of nitrogens with zero attached hydrogens (tertiary/aromatic N) is 2. The standard InChI is InChI=1S/C13H12N4OS/c1-8-3-2-4-11(16-8)17-13(18)10-6-5-9(7-15-10)12(14)19/h2-7H,1H3,(H2,14,19)(H,16,17,18). The molecule has 0 unspecified atom stereocenters. The van der Waals surface area contributed by atoms with Gasteiger partial charge in [-0.05, 0) is 31.2 Å². The van der Waals surface area contributed by atoms with Crippen LogP contribution in [0.4, 0.5) is 5.82 Å². The molecule has 2 aromatic heterocycles. The van der Waals surface area contributed by atoms with E-state index < -0.39 is 0 Å². The molecule has 0 aliphatic heterocycles. The molecule has 0 fully saturated rings. The van der Waals surface area contributed by atoms with Crippen molar-refractivity contribution in [1.82, 2.24) is 9.97 Å². The zero-order valence-corrected chi connectivity index (χ0v) is 11.1. The number of hydrogen-bond donors (Lipinski definition) is 2. The van der Waals surface area contributed by atoms with Crippen molar-refractivity contribution in [2.24, 2.45) is 5.73 Å². The third kappa shape index (κ3) is 3.32. The largest absolute Gasteiger partial charge is 0.389 e. The summed E-state index contributed by atoms with van der Waals surface area (Å²) in [6, 6.07) is 8.62. The summed E-state index contributed by atoms with van der Waals surface area (Å²) in [6.07, 6.45) is 1.47. The number of rotatable bonds is 3. The molecular formula is C13H12N4OS. The van der Waals surface area contributed by atoms with E-state index >= 15 is 0 Å². The molecule has 0 aliphatic rings. The summed E-state index contributed by atoms with van der Waals surface area (Å²) in [4.78, 5) is 20.4. The molecule has 2 heterocycles. The maximum atomic E-state index is 11.9. The highest BCUT2D eigenvalue weighted by atomic mass is 32.1. The van der Waals surface area contributed by atoms with E-state index in [0.717, 1.165) is 5.69 Å². The Kier molecular flexibility index (Phi) is 3.82. The number of carbonyl (C=O) groups excluding carboxylic acids is 1. The lowest BCUT2D eigenvalue weighted by Crippen LogP contribution is -2.16. The second-order valence-corrected chi connectivity index (χ2v) is 4.35. The number of hydrogen-bond acceptors (Lipinski definition) is 4. The first-order valence-electron chi connectivity index (χ1n) is 5.57. The van der Waals surface area contributed by atoms with E-state index in [1.165, 1.54) is 6.20 Å². The fourth-order valence-electron chi connectivity index (χ4n) is 1.47. The lowest BCUT2D eigenvalue weighted by Gasteiger charge is -2.05. The molecule has 0 saturated carbocycles. The molecule has 0 atom stereocenters. The van der Waals surface area contributed by atoms with Crippen LogP contribution in [0.3, 0.4) is 0 Å². The maximum absolute atomic E-state index is 11.9. The van der Waals surface area contributed by atoms with E-state index in [9.17, 15) is 4.79 Å². The normalized spacial score (nSPS) is 9.95. The van der Waals surface area contributed by atoms with E-state index in [4.69, 9.17) is 18.0 Å². The van der Waals surface area contributed by atoms with Gasteiger partial charge in [0.1, 0.15) is 16.5 Å². The molecule has 3 N–H and O–H groups in total. The highest BCUT2D eigenvalue weighted by molar-refractivity contribution is 7.80. The van der Waals surface area contributed by atoms with Crippen molar-refractivity contribution in [2.75, 3.05) is 5.32 Å². The Hall–Kier alpha value is -2.34. The monoisotopic (exact) mass is 272 g/mol. The van der Waals surface area contributed by atoms with Crippen LogP contribution in [0, 0.1) is 6.92 Å². The fourth-order valence-corrected chi connectivity index (χ4v) is 1.59. The smallest absolute Gasteiger partial charge is 0.275 e. The van der Waals surface area contributed by atoms with Gasteiger partial charge in [-0.1, -0.05) is 18.3 Å². The summed E-state index contributed by atoms with van der Waals surface area (Å²) in [5, 5.41) is 2.67. The average molecular weight is 272 g/mol. The Morgan fingerprint density at radius 1 is 1.32 bits per heavy atom. The first-order chi connectivity index (χ1) is 9.06. The lowest BCUT2D eigenvalue weighted by atomic mass is 10.2. The van der Waals surface area contributed by atoms with Crippen LogP contribution in [0.1, 0.15) is 21.7 Å². The number of aromatic nitrogens is 2. The number of nitrogens with one attached hydrogen (secondary N) is 1. The predicted molar refractivity (Wildman–Crippen MR) is 77.1 cm³/mol. The molecule has 0 spiro atoms. The van der Waals surface area contributed by atoms with Gasteiger partial charge in [-0.25, -0.2) is 4.98 Å². The van der Waals surface area contributed by atoms with Crippen LogP contribution < -0.4 is 11.1 Å². The highest BCUT2D eigenvalue weighted by Crippen LogP contribution is 2.07. The molecule has 0 saturated heterocycles. The minimum absolute atomic E-state index is 0.250. The minimum Gasteiger partial charge on any atom is -0.389 e.